The molecule has 94 valence electrons. The molecule has 2 unspecified atom stereocenters. The van der Waals surface area contributed by atoms with Gasteiger partial charge in [0.1, 0.15) is 5.75 Å². The highest BCUT2D eigenvalue weighted by Crippen LogP contribution is 2.39. The van der Waals surface area contributed by atoms with Gasteiger partial charge in [-0.2, -0.15) is 0 Å². The van der Waals surface area contributed by atoms with Gasteiger partial charge < -0.3 is 10.4 Å². The monoisotopic (exact) mass is 255 g/mol. The molecule has 0 aliphatic carbocycles. The molecule has 0 amide bonds. The van der Waals surface area contributed by atoms with Crippen molar-refractivity contribution in [1.82, 2.24) is 5.32 Å². The summed E-state index contributed by atoms with van der Waals surface area (Å²) in [6.45, 7) is 2.02. The Kier molecular flexibility index (Phi) is 3.14. The number of nitrogens with one attached hydrogen (secondary N) is 1. The normalized spacial score (nSPS) is 23.3. The first kappa shape index (κ1) is 12.4. The predicted molar refractivity (Wildman–Crippen MR) is 66.0 cm³/mol. The fourth-order valence-corrected chi connectivity index (χ4v) is 4.21. The Morgan fingerprint density at radius 1 is 1.53 bits per heavy atom. The van der Waals surface area contributed by atoms with Crippen LogP contribution < -0.4 is 5.32 Å². The maximum Gasteiger partial charge on any atom is 0.179 e. The summed E-state index contributed by atoms with van der Waals surface area (Å²) in [6, 6.07) is 4.76. The van der Waals surface area contributed by atoms with Crippen molar-refractivity contribution in [3.8, 4) is 5.75 Å². The minimum Gasteiger partial charge on any atom is -0.508 e. The minimum atomic E-state index is -3.16. The highest BCUT2D eigenvalue weighted by Gasteiger charge is 2.35. The van der Waals surface area contributed by atoms with E-state index in [4.69, 9.17) is 0 Å². The summed E-state index contributed by atoms with van der Waals surface area (Å²) < 4.78 is 23.9. The van der Waals surface area contributed by atoms with Gasteiger partial charge in [0, 0.05) is 12.0 Å². The van der Waals surface area contributed by atoms with Gasteiger partial charge in [-0.15, -0.1) is 0 Å². The van der Waals surface area contributed by atoms with Crippen LogP contribution in [-0.4, -0.2) is 32.4 Å². The predicted octanol–water partition coefficient (Wildman–Crippen LogP) is 1.26. The molecule has 1 aromatic carbocycles. The molecule has 0 aromatic heterocycles. The maximum atomic E-state index is 11.9. The molecular formula is C12H17NO3S. The van der Waals surface area contributed by atoms with Crippen LogP contribution in [0.2, 0.25) is 0 Å². The Balaban J connectivity index is 2.39. The lowest BCUT2D eigenvalue weighted by atomic mass is 9.94. The summed E-state index contributed by atoms with van der Waals surface area (Å²) in [5, 5.41) is 12.6. The Bertz CT molecular complexity index is 525. The molecule has 0 radical (unpaired) electrons. The van der Waals surface area contributed by atoms with E-state index in [0.717, 1.165) is 12.0 Å². The van der Waals surface area contributed by atoms with Crippen LogP contribution in [0.1, 0.15) is 24.8 Å². The van der Waals surface area contributed by atoms with Gasteiger partial charge in [0.05, 0.1) is 10.6 Å². The first-order valence-electron chi connectivity index (χ1n) is 5.67. The third-order valence-corrected chi connectivity index (χ3v) is 5.20. The third-order valence-electron chi connectivity index (χ3n) is 3.32. The van der Waals surface area contributed by atoms with Crippen molar-refractivity contribution in [1.29, 1.82) is 0 Å². The van der Waals surface area contributed by atoms with Crippen LogP contribution in [0.4, 0.5) is 0 Å². The molecule has 0 spiro atoms. The van der Waals surface area contributed by atoms with E-state index in [9.17, 15) is 13.5 Å². The summed E-state index contributed by atoms with van der Waals surface area (Å²) in [5.41, 5.74) is 0.757. The molecule has 1 aliphatic heterocycles. The molecular weight excluding hydrogens is 238 g/mol. The number of hydrogen-bond acceptors (Lipinski definition) is 4. The maximum absolute atomic E-state index is 11.9. The lowest BCUT2D eigenvalue weighted by Gasteiger charge is -2.15. The number of sulfone groups is 1. The summed E-state index contributed by atoms with van der Waals surface area (Å²) in [4.78, 5) is 0.378. The highest BCUT2D eigenvalue weighted by molar-refractivity contribution is 7.91. The lowest BCUT2D eigenvalue weighted by Crippen LogP contribution is -2.24. The molecule has 4 nitrogen and oxygen atoms in total. The van der Waals surface area contributed by atoms with Crippen molar-refractivity contribution < 1.29 is 13.5 Å². The minimum absolute atomic E-state index is 0.0236. The number of rotatable bonds is 3. The second-order valence-electron chi connectivity index (χ2n) is 4.63. The van der Waals surface area contributed by atoms with Gasteiger partial charge in [0.2, 0.25) is 0 Å². The molecule has 2 atom stereocenters. The van der Waals surface area contributed by atoms with Gasteiger partial charge in [-0.3, -0.25) is 0 Å². The van der Waals surface area contributed by atoms with Crippen LogP contribution in [0.25, 0.3) is 0 Å². The van der Waals surface area contributed by atoms with E-state index in [2.05, 4.69) is 5.32 Å². The average molecular weight is 255 g/mol. The van der Waals surface area contributed by atoms with Crippen LogP contribution in [0.15, 0.2) is 23.1 Å². The standard InChI is InChI=1S/C12H17NO3S/c1-8(13-2)5-9-7-17(15,16)12-4-3-10(14)6-11(9)12/h3-4,6,8-9,13-14H,5,7H2,1-2H3. The molecule has 1 aromatic rings. The zero-order chi connectivity index (χ0) is 12.6. The van der Waals surface area contributed by atoms with Crippen molar-refractivity contribution >= 4 is 9.84 Å². The van der Waals surface area contributed by atoms with E-state index in [0.29, 0.717) is 4.90 Å². The third kappa shape index (κ3) is 2.30. The summed E-state index contributed by atoms with van der Waals surface area (Å²) in [5.74, 6) is 0.255. The number of hydrogen-bond donors (Lipinski definition) is 2. The second-order valence-corrected chi connectivity index (χ2v) is 6.63. The second kappa shape index (κ2) is 4.31. The number of fused-ring (bicyclic) bond motifs is 1. The zero-order valence-corrected chi connectivity index (χ0v) is 10.8. The fraction of sp³-hybridized carbons (Fsp3) is 0.500. The van der Waals surface area contributed by atoms with Crippen molar-refractivity contribution in [2.45, 2.75) is 30.2 Å². The van der Waals surface area contributed by atoms with Crippen molar-refractivity contribution in [2.75, 3.05) is 12.8 Å². The number of aromatic hydroxyl groups is 1. The van der Waals surface area contributed by atoms with E-state index in [1.807, 2.05) is 14.0 Å². The molecule has 0 saturated carbocycles. The van der Waals surface area contributed by atoms with E-state index in [-0.39, 0.29) is 23.5 Å². The zero-order valence-electron chi connectivity index (χ0n) is 9.97. The fourth-order valence-electron chi connectivity index (χ4n) is 2.32. The Morgan fingerprint density at radius 3 is 2.88 bits per heavy atom. The van der Waals surface area contributed by atoms with Crippen LogP contribution >= 0.6 is 0 Å². The molecule has 5 heteroatoms. The molecule has 2 rings (SSSR count). The topological polar surface area (TPSA) is 66.4 Å². The van der Waals surface area contributed by atoms with E-state index < -0.39 is 9.84 Å². The molecule has 0 saturated heterocycles. The largest absolute Gasteiger partial charge is 0.508 e. The molecule has 2 N–H and O–H groups in total. The van der Waals surface area contributed by atoms with Crippen molar-refractivity contribution in [3.05, 3.63) is 23.8 Å². The Morgan fingerprint density at radius 2 is 2.24 bits per heavy atom. The summed E-state index contributed by atoms with van der Waals surface area (Å²) >= 11 is 0. The van der Waals surface area contributed by atoms with Gasteiger partial charge in [0.15, 0.2) is 9.84 Å². The van der Waals surface area contributed by atoms with Crippen LogP contribution in [0.3, 0.4) is 0 Å². The molecule has 1 heterocycles. The molecule has 0 fully saturated rings. The SMILES string of the molecule is CNC(C)CC1CS(=O)(=O)c2ccc(O)cc21. The van der Waals surface area contributed by atoms with Gasteiger partial charge in [0.25, 0.3) is 0 Å². The van der Waals surface area contributed by atoms with Crippen molar-refractivity contribution in [2.24, 2.45) is 0 Å². The lowest BCUT2D eigenvalue weighted by molar-refractivity contribution is 0.471. The molecule has 1 aliphatic rings. The first-order valence-corrected chi connectivity index (χ1v) is 7.32. The summed E-state index contributed by atoms with van der Waals surface area (Å²) in [7, 11) is -1.31. The van der Waals surface area contributed by atoms with Gasteiger partial charge in [-0.05, 0) is 44.2 Å². The number of phenolic OH excluding ortho intramolecular Hbond substituents is 1. The number of benzene rings is 1. The van der Waals surface area contributed by atoms with Gasteiger partial charge in [-0.1, -0.05) is 0 Å². The van der Waals surface area contributed by atoms with E-state index >= 15 is 0 Å². The Hall–Kier alpha value is -1.07. The smallest absolute Gasteiger partial charge is 0.179 e. The van der Waals surface area contributed by atoms with E-state index in [1.165, 1.54) is 12.1 Å². The molecule has 17 heavy (non-hydrogen) atoms. The van der Waals surface area contributed by atoms with Crippen LogP contribution in [-0.2, 0) is 9.84 Å². The average Bonchev–Trinajstić information content (AvgIpc) is 2.50. The van der Waals surface area contributed by atoms with Crippen LogP contribution in [0.5, 0.6) is 5.75 Å². The quantitative estimate of drug-likeness (QED) is 0.853. The van der Waals surface area contributed by atoms with Crippen molar-refractivity contribution in [3.63, 3.8) is 0 Å². The van der Waals surface area contributed by atoms with Gasteiger partial charge >= 0.3 is 0 Å². The summed E-state index contributed by atoms with van der Waals surface area (Å²) in [6.07, 6.45) is 0.756. The highest BCUT2D eigenvalue weighted by atomic mass is 32.2. The van der Waals surface area contributed by atoms with Gasteiger partial charge in [-0.25, -0.2) is 8.42 Å². The van der Waals surface area contributed by atoms with Crippen LogP contribution in [0, 0.1) is 0 Å². The first-order chi connectivity index (χ1) is 7.94. The molecule has 0 bridgehead atoms. The Labute approximate surface area is 102 Å². The van der Waals surface area contributed by atoms with E-state index in [1.54, 1.807) is 6.07 Å². The number of phenols is 1.